The molecule has 0 bridgehead atoms. The minimum atomic E-state index is 0.831. The highest BCUT2D eigenvalue weighted by Crippen LogP contribution is 2.12. The molecule has 1 aromatic rings. The molecule has 0 aliphatic rings. The summed E-state index contributed by atoms with van der Waals surface area (Å²) < 4.78 is 0. The smallest absolute Gasteiger partial charge is 0.0408 e. The summed E-state index contributed by atoms with van der Waals surface area (Å²) in [6.45, 7) is 0. The molecule has 60 valence electrons. The summed E-state index contributed by atoms with van der Waals surface area (Å²) >= 11 is 9.20. The molecule has 0 fully saturated rings. The largest absolute Gasteiger partial charge is 0.0928 e. The first kappa shape index (κ1) is 9.08. The summed E-state index contributed by atoms with van der Waals surface area (Å²) in [5.41, 5.74) is 1.32. The zero-order valence-electron chi connectivity index (χ0n) is 6.19. The summed E-state index contributed by atoms with van der Waals surface area (Å²) in [4.78, 5) is 0. The molecule has 0 saturated carbocycles. The predicted molar refractivity (Wildman–Crippen MR) is 53.6 cm³/mol. The first-order chi connectivity index (χ1) is 5.33. The Morgan fingerprint density at radius 2 is 2.18 bits per heavy atom. The van der Waals surface area contributed by atoms with Crippen LogP contribution in [-0.4, -0.2) is 5.33 Å². The number of benzene rings is 1. The number of halogens is 2. The van der Waals surface area contributed by atoms with E-state index in [2.05, 4.69) is 22.0 Å². The van der Waals surface area contributed by atoms with Crippen LogP contribution in [0.2, 0.25) is 5.02 Å². The van der Waals surface area contributed by atoms with E-state index in [1.54, 1.807) is 0 Å². The second-order valence-corrected chi connectivity index (χ2v) is 3.65. The Morgan fingerprint density at radius 3 is 2.82 bits per heavy atom. The molecule has 2 heteroatoms. The van der Waals surface area contributed by atoms with E-state index in [1.165, 1.54) is 12.0 Å². The quantitative estimate of drug-likeness (QED) is 0.699. The molecule has 0 aliphatic carbocycles. The fourth-order valence-electron chi connectivity index (χ4n) is 0.963. The molecule has 0 atom stereocenters. The first-order valence-corrected chi connectivity index (χ1v) is 5.13. The minimum absolute atomic E-state index is 0.831. The SMILES string of the molecule is Clc1cccc(CCCBr)c1. The van der Waals surface area contributed by atoms with E-state index in [0.29, 0.717) is 0 Å². The van der Waals surface area contributed by atoms with Crippen LogP contribution in [0.1, 0.15) is 12.0 Å². The normalized spacial score (nSPS) is 10.0. The molecule has 1 aromatic carbocycles. The van der Waals surface area contributed by atoms with Crippen molar-refractivity contribution in [2.75, 3.05) is 5.33 Å². The van der Waals surface area contributed by atoms with Crippen molar-refractivity contribution in [3.8, 4) is 0 Å². The van der Waals surface area contributed by atoms with Crippen LogP contribution >= 0.6 is 27.5 Å². The maximum atomic E-state index is 5.81. The first-order valence-electron chi connectivity index (χ1n) is 3.63. The van der Waals surface area contributed by atoms with Gasteiger partial charge >= 0.3 is 0 Å². The minimum Gasteiger partial charge on any atom is -0.0928 e. The Bertz CT molecular complexity index is 223. The molecule has 0 N–H and O–H groups in total. The molecule has 0 aromatic heterocycles. The van der Waals surface area contributed by atoms with Gasteiger partial charge in [-0.2, -0.15) is 0 Å². The summed E-state index contributed by atoms with van der Waals surface area (Å²) in [6.07, 6.45) is 2.27. The fraction of sp³-hybridized carbons (Fsp3) is 0.333. The predicted octanol–water partition coefficient (Wildman–Crippen LogP) is 3.67. The van der Waals surface area contributed by atoms with Crippen LogP contribution in [0, 0.1) is 0 Å². The van der Waals surface area contributed by atoms with Crippen LogP contribution in [0.5, 0.6) is 0 Å². The van der Waals surface area contributed by atoms with E-state index < -0.39 is 0 Å². The number of hydrogen-bond donors (Lipinski definition) is 0. The molecule has 11 heavy (non-hydrogen) atoms. The van der Waals surface area contributed by atoms with Crippen molar-refractivity contribution in [3.63, 3.8) is 0 Å². The molecule has 0 radical (unpaired) electrons. The number of alkyl halides is 1. The van der Waals surface area contributed by atoms with E-state index in [1.807, 2.05) is 18.2 Å². The number of hydrogen-bond acceptors (Lipinski definition) is 0. The van der Waals surface area contributed by atoms with Crippen LogP contribution in [0.3, 0.4) is 0 Å². The highest BCUT2D eigenvalue weighted by Gasteiger charge is 1.92. The number of aryl methyl sites for hydroxylation is 1. The molecular weight excluding hydrogens is 223 g/mol. The Labute approximate surface area is 80.7 Å². The molecule has 0 spiro atoms. The molecule has 1 rings (SSSR count). The van der Waals surface area contributed by atoms with Gasteiger partial charge in [-0.25, -0.2) is 0 Å². The molecular formula is C9H10BrCl. The van der Waals surface area contributed by atoms with E-state index >= 15 is 0 Å². The van der Waals surface area contributed by atoms with Gasteiger partial charge in [-0.15, -0.1) is 0 Å². The monoisotopic (exact) mass is 232 g/mol. The van der Waals surface area contributed by atoms with Gasteiger partial charge in [0.15, 0.2) is 0 Å². The van der Waals surface area contributed by atoms with E-state index in [0.717, 1.165) is 16.8 Å². The maximum absolute atomic E-state index is 5.81. The second kappa shape index (κ2) is 4.78. The standard InChI is InChI=1S/C9H10BrCl/c10-6-2-4-8-3-1-5-9(11)7-8/h1,3,5,7H,2,4,6H2. The lowest BCUT2D eigenvalue weighted by atomic mass is 10.1. The van der Waals surface area contributed by atoms with Gasteiger partial charge in [0.25, 0.3) is 0 Å². The van der Waals surface area contributed by atoms with Gasteiger partial charge in [-0.3, -0.25) is 0 Å². The summed E-state index contributed by atoms with van der Waals surface area (Å²) in [5.74, 6) is 0. The molecule has 0 nitrogen and oxygen atoms in total. The van der Waals surface area contributed by atoms with E-state index in [9.17, 15) is 0 Å². The Kier molecular flexibility index (Phi) is 3.95. The molecule has 0 aliphatic heterocycles. The third-order valence-electron chi connectivity index (χ3n) is 1.49. The Balaban J connectivity index is 2.56. The lowest BCUT2D eigenvalue weighted by Gasteiger charge is -1.98. The number of rotatable bonds is 3. The van der Waals surface area contributed by atoms with Gasteiger partial charge < -0.3 is 0 Å². The molecule has 0 saturated heterocycles. The zero-order chi connectivity index (χ0) is 8.10. The molecule has 0 unspecified atom stereocenters. The molecule has 0 amide bonds. The van der Waals surface area contributed by atoms with Crippen LogP contribution in [0.4, 0.5) is 0 Å². The Hall–Kier alpha value is -0.0100. The van der Waals surface area contributed by atoms with Crippen LogP contribution in [-0.2, 0) is 6.42 Å². The second-order valence-electron chi connectivity index (χ2n) is 2.42. The van der Waals surface area contributed by atoms with Crippen LogP contribution in [0.15, 0.2) is 24.3 Å². The van der Waals surface area contributed by atoms with Crippen molar-refractivity contribution in [3.05, 3.63) is 34.9 Å². The van der Waals surface area contributed by atoms with Gasteiger partial charge in [-0.05, 0) is 30.5 Å². The van der Waals surface area contributed by atoms with Gasteiger partial charge in [0, 0.05) is 10.4 Å². The average Bonchev–Trinajstić information content (AvgIpc) is 2.01. The zero-order valence-corrected chi connectivity index (χ0v) is 8.53. The summed E-state index contributed by atoms with van der Waals surface area (Å²) in [7, 11) is 0. The van der Waals surface area contributed by atoms with Crippen molar-refractivity contribution >= 4 is 27.5 Å². The van der Waals surface area contributed by atoms with E-state index in [-0.39, 0.29) is 0 Å². The van der Waals surface area contributed by atoms with Crippen molar-refractivity contribution in [1.29, 1.82) is 0 Å². The maximum Gasteiger partial charge on any atom is 0.0408 e. The lowest BCUT2D eigenvalue weighted by molar-refractivity contribution is 0.940. The van der Waals surface area contributed by atoms with Crippen LogP contribution < -0.4 is 0 Å². The topological polar surface area (TPSA) is 0 Å². The third kappa shape index (κ3) is 3.26. The van der Waals surface area contributed by atoms with Gasteiger partial charge in [0.1, 0.15) is 0 Å². The van der Waals surface area contributed by atoms with Crippen molar-refractivity contribution in [2.24, 2.45) is 0 Å². The van der Waals surface area contributed by atoms with Gasteiger partial charge in [-0.1, -0.05) is 39.7 Å². The summed E-state index contributed by atoms with van der Waals surface area (Å²) in [5, 5.41) is 1.89. The van der Waals surface area contributed by atoms with Gasteiger partial charge in [0.05, 0.1) is 0 Å². The Morgan fingerprint density at radius 1 is 1.36 bits per heavy atom. The highest BCUT2D eigenvalue weighted by molar-refractivity contribution is 9.09. The fourth-order valence-corrected chi connectivity index (χ4v) is 1.46. The van der Waals surface area contributed by atoms with E-state index in [4.69, 9.17) is 11.6 Å². The van der Waals surface area contributed by atoms with Crippen molar-refractivity contribution < 1.29 is 0 Å². The van der Waals surface area contributed by atoms with Crippen molar-refractivity contribution in [1.82, 2.24) is 0 Å². The van der Waals surface area contributed by atoms with Crippen LogP contribution in [0.25, 0.3) is 0 Å². The molecule has 0 heterocycles. The lowest BCUT2D eigenvalue weighted by Crippen LogP contribution is -1.84. The van der Waals surface area contributed by atoms with Crippen molar-refractivity contribution in [2.45, 2.75) is 12.8 Å². The summed E-state index contributed by atoms with van der Waals surface area (Å²) in [6, 6.07) is 8.02. The van der Waals surface area contributed by atoms with Gasteiger partial charge in [0.2, 0.25) is 0 Å². The highest BCUT2D eigenvalue weighted by atomic mass is 79.9. The average molecular weight is 234 g/mol. The third-order valence-corrected chi connectivity index (χ3v) is 2.28.